The summed E-state index contributed by atoms with van der Waals surface area (Å²) in [6.07, 6.45) is 1.38. The monoisotopic (exact) mass is 440 g/mol. The fourth-order valence-electron chi connectivity index (χ4n) is 3.80. The fourth-order valence-corrected chi connectivity index (χ4v) is 3.92. The molecule has 0 spiro atoms. The summed E-state index contributed by atoms with van der Waals surface area (Å²) in [4.78, 5) is 53.7. The van der Waals surface area contributed by atoms with Gasteiger partial charge in [-0.25, -0.2) is 4.79 Å². The van der Waals surface area contributed by atoms with E-state index in [-0.39, 0.29) is 5.91 Å². The lowest BCUT2D eigenvalue weighted by Gasteiger charge is -2.19. The number of amides is 5. The molecular weight excluding hydrogens is 420 g/mol. The van der Waals surface area contributed by atoms with Gasteiger partial charge in [-0.1, -0.05) is 11.6 Å². The molecule has 1 atom stereocenters. The van der Waals surface area contributed by atoms with Gasteiger partial charge in [0.2, 0.25) is 11.8 Å². The van der Waals surface area contributed by atoms with Gasteiger partial charge >= 0.3 is 6.03 Å². The molecule has 2 aromatic rings. The molecule has 8 nitrogen and oxygen atoms in total. The Morgan fingerprint density at radius 1 is 1.03 bits per heavy atom. The van der Waals surface area contributed by atoms with Crippen molar-refractivity contribution < 1.29 is 19.2 Å². The van der Waals surface area contributed by atoms with Crippen LogP contribution in [0.1, 0.15) is 19.8 Å². The minimum absolute atomic E-state index is 0.0854. The van der Waals surface area contributed by atoms with Gasteiger partial charge in [0.15, 0.2) is 0 Å². The molecule has 4 rings (SSSR count). The molecule has 0 aliphatic carbocycles. The predicted octanol–water partition coefficient (Wildman–Crippen LogP) is 3.26. The maximum atomic E-state index is 12.8. The Bertz CT molecular complexity index is 1040. The van der Waals surface area contributed by atoms with E-state index in [4.69, 9.17) is 11.6 Å². The number of hydrogen-bond acceptors (Lipinski definition) is 4. The van der Waals surface area contributed by atoms with Crippen molar-refractivity contribution in [2.75, 3.05) is 28.2 Å². The van der Waals surface area contributed by atoms with Crippen LogP contribution in [-0.4, -0.2) is 47.8 Å². The summed E-state index contributed by atoms with van der Waals surface area (Å²) in [5.74, 6) is -0.850. The molecule has 2 aliphatic rings. The van der Waals surface area contributed by atoms with Crippen LogP contribution in [0, 0.1) is 0 Å². The van der Waals surface area contributed by atoms with E-state index in [9.17, 15) is 19.2 Å². The largest absolute Gasteiger partial charge is 0.332 e. The molecule has 160 valence electrons. The third kappa shape index (κ3) is 4.11. The van der Waals surface area contributed by atoms with Crippen molar-refractivity contribution in [2.24, 2.45) is 0 Å². The van der Waals surface area contributed by atoms with Gasteiger partial charge in [-0.05, 0) is 61.9 Å². The lowest BCUT2D eigenvalue weighted by Crippen LogP contribution is -2.39. The predicted molar refractivity (Wildman–Crippen MR) is 117 cm³/mol. The van der Waals surface area contributed by atoms with Gasteiger partial charge < -0.3 is 10.2 Å². The first kappa shape index (κ1) is 20.9. The molecule has 2 aliphatic heterocycles. The highest BCUT2D eigenvalue weighted by atomic mass is 35.5. The van der Waals surface area contributed by atoms with Crippen molar-refractivity contribution in [1.29, 1.82) is 0 Å². The van der Waals surface area contributed by atoms with Crippen molar-refractivity contribution >= 4 is 52.4 Å². The number of halogens is 1. The van der Waals surface area contributed by atoms with Gasteiger partial charge in [0.1, 0.15) is 12.6 Å². The van der Waals surface area contributed by atoms with Crippen molar-refractivity contribution in [3.8, 4) is 0 Å². The van der Waals surface area contributed by atoms with Crippen LogP contribution >= 0.6 is 11.6 Å². The maximum absolute atomic E-state index is 12.8. The molecule has 31 heavy (non-hydrogen) atoms. The third-order valence-electron chi connectivity index (χ3n) is 5.39. The van der Waals surface area contributed by atoms with Gasteiger partial charge in [-0.3, -0.25) is 24.2 Å². The summed E-state index contributed by atoms with van der Waals surface area (Å²) in [6.45, 7) is 1.91. The van der Waals surface area contributed by atoms with E-state index in [0.29, 0.717) is 29.4 Å². The molecule has 5 amide bonds. The Kier molecular flexibility index (Phi) is 5.65. The van der Waals surface area contributed by atoms with Gasteiger partial charge in [0.05, 0.1) is 0 Å². The summed E-state index contributed by atoms with van der Waals surface area (Å²) in [7, 11) is 0. The smallest absolute Gasteiger partial charge is 0.325 e. The minimum Gasteiger partial charge on any atom is -0.325 e. The standard InChI is InChI=1S/C22H21ClN4O4/c1-14-21(30)26(22(31)27(14)18-8-4-15(23)5-9-18)13-19(28)24-16-6-10-17(11-7-16)25-12-2-3-20(25)29/h4-11,14H,2-3,12-13H2,1H3,(H,24,28). The van der Waals surface area contributed by atoms with Gasteiger partial charge in [-0.2, -0.15) is 0 Å². The number of benzene rings is 2. The van der Waals surface area contributed by atoms with Crippen LogP contribution in [0.15, 0.2) is 48.5 Å². The average Bonchev–Trinajstić information content (AvgIpc) is 3.26. The number of anilines is 3. The van der Waals surface area contributed by atoms with Crippen LogP contribution in [-0.2, 0) is 14.4 Å². The highest BCUT2D eigenvalue weighted by molar-refractivity contribution is 6.30. The SMILES string of the molecule is CC1C(=O)N(CC(=O)Nc2ccc(N3CCCC3=O)cc2)C(=O)N1c1ccc(Cl)cc1. The number of carbonyl (C=O) groups is 4. The second kappa shape index (κ2) is 8.39. The normalized spacial score (nSPS) is 18.8. The van der Waals surface area contributed by atoms with Crippen LogP contribution in [0.2, 0.25) is 5.02 Å². The van der Waals surface area contributed by atoms with Gasteiger partial charge in [-0.15, -0.1) is 0 Å². The number of nitrogens with zero attached hydrogens (tertiary/aromatic N) is 3. The Labute approximate surface area is 184 Å². The van der Waals surface area contributed by atoms with E-state index < -0.39 is 30.4 Å². The Balaban J connectivity index is 1.41. The highest BCUT2D eigenvalue weighted by Crippen LogP contribution is 2.27. The zero-order valence-corrected chi connectivity index (χ0v) is 17.6. The van der Waals surface area contributed by atoms with E-state index in [2.05, 4.69) is 5.32 Å². The number of hydrogen-bond donors (Lipinski definition) is 1. The first-order valence-corrected chi connectivity index (χ1v) is 10.3. The van der Waals surface area contributed by atoms with Crippen LogP contribution in [0.25, 0.3) is 0 Å². The number of rotatable bonds is 5. The molecule has 2 heterocycles. The average molecular weight is 441 g/mol. The zero-order chi connectivity index (χ0) is 22.1. The Morgan fingerprint density at radius 3 is 2.29 bits per heavy atom. The summed E-state index contributed by atoms with van der Waals surface area (Å²) >= 11 is 5.90. The summed E-state index contributed by atoms with van der Waals surface area (Å²) in [6, 6.07) is 12.2. The van der Waals surface area contributed by atoms with E-state index in [1.165, 1.54) is 4.90 Å². The minimum atomic E-state index is -0.723. The van der Waals surface area contributed by atoms with E-state index in [1.54, 1.807) is 60.4 Å². The molecule has 1 unspecified atom stereocenters. The second-order valence-electron chi connectivity index (χ2n) is 7.47. The van der Waals surface area contributed by atoms with Crippen molar-refractivity contribution in [3.05, 3.63) is 53.6 Å². The molecule has 0 saturated carbocycles. The number of imide groups is 1. The molecule has 0 bridgehead atoms. The van der Waals surface area contributed by atoms with E-state index in [0.717, 1.165) is 17.0 Å². The van der Waals surface area contributed by atoms with Gasteiger partial charge in [0.25, 0.3) is 5.91 Å². The highest BCUT2D eigenvalue weighted by Gasteiger charge is 2.44. The molecule has 0 aromatic heterocycles. The second-order valence-corrected chi connectivity index (χ2v) is 7.91. The molecule has 2 saturated heterocycles. The topological polar surface area (TPSA) is 90.0 Å². The summed E-state index contributed by atoms with van der Waals surface area (Å²) in [5, 5.41) is 3.21. The summed E-state index contributed by atoms with van der Waals surface area (Å²) < 4.78 is 0. The van der Waals surface area contributed by atoms with Crippen LogP contribution in [0.3, 0.4) is 0 Å². The van der Waals surface area contributed by atoms with Gasteiger partial charge in [0, 0.05) is 35.1 Å². The quantitative estimate of drug-likeness (QED) is 0.722. The molecule has 2 aromatic carbocycles. The number of carbonyl (C=O) groups excluding carboxylic acids is 4. The van der Waals surface area contributed by atoms with Crippen LogP contribution in [0.4, 0.5) is 21.9 Å². The molecule has 1 N–H and O–H groups in total. The molecule has 2 fully saturated rings. The maximum Gasteiger partial charge on any atom is 0.332 e. The molecular formula is C22H21ClN4O4. The van der Waals surface area contributed by atoms with Crippen molar-refractivity contribution in [2.45, 2.75) is 25.8 Å². The Hall–Kier alpha value is -3.39. The Morgan fingerprint density at radius 2 is 1.68 bits per heavy atom. The van der Waals surface area contributed by atoms with Crippen LogP contribution in [0.5, 0.6) is 0 Å². The first-order chi connectivity index (χ1) is 14.8. The number of nitrogens with one attached hydrogen (secondary N) is 1. The molecule has 9 heteroatoms. The van der Waals surface area contributed by atoms with E-state index >= 15 is 0 Å². The fraction of sp³-hybridized carbons (Fsp3) is 0.273. The van der Waals surface area contributed by atoms with Crippen LogP contribution < -0.4 is 15.1 Å². The third-order valence-corrected chi connectivity index (χ3v) is 5.64. The molecule has 0 radical (unpaired) electrons. The zero-order valence-electron chi connectivity index (χ0n) is 16.9. The van der Waals surface area contributed by atoms with E-state index in [1.807, 2.05) is 0 Å². The van der Waals surface area contributed by atoms with Crippen molar-refractivity contribution in [1.82, 2.24) is 4.90 Å². The lowest BCUT2D eigenvalue weighted by atomic mass is 10.2. The lowest BCUT2D eigenvalue weighted by molar-refractivity contribution is -0.130. The van der Waals surface area contributed by atoms with Crippen molar-refractivity contribution in [3.63, 3.8) is 0 Å². The summed E-state index contributed by atoms with van der Waals surface area (Å²) in [5.41, 5.74) is 1.82. The number of urea groups is 1. The first-order valence-electron chi connectivity index (χ1n) is 9.95.